The first-order valence-corrected chi connectivity index (χ1v) is 12.0. The van der Waals surface area contributed by atoms with Gasteiger partial charge in [-0.1, -0.05) is 57.1 Å². The van der Waals surface area contributed by atoms with Gasteiger partial charge in [-0.15, -0.1) is 0 Å². The van der Waals surface area contributed by atoms with Crippen LogP contribution in [0.1, 0.15) is 70.3 Å². The van der Waals surface area contributed by atoms with E-state index < -0.39 is 10.1 Å². The number of amides is 1. The minimum atomic E-state index is -3.41. The van der Waals surface area contributed by atoms with Gasteiger partial charge in [-0.3, -0.25) is 8.98 Å². The van der Waals surface area contributed by atoms with Gasteiger partial charge in [0.1, 0.15) is 5.75 Å². The molecule has 0 aromatic heterocycles. The monoisotopic (exact) mass is 413 g/mol. The van der Waals surface area contributed by atoms with Crippen LogP contribution in [0.2, 0.25) is 0 Å². The van der Waals surface area contributed by atoms with Crippen molar-refractivity contribution in [2.45, 2.75) is 71.3 Å². The van der Waals surface area contributed by atoms with Crippen LogP contribution >= 0.6 is 0 Å². The summed E-state index contributed by atoms with van der Waals surface area (Å²) < 4.78 is 32.4. The smallest absolute Gasteiger partial charge is 0.264 e. The van der Waals surface area contributed by atoms with Crippen molar-refractivity contribution in [3.8, 4) is 5.75 Å². The summed E-state index contributed by atoms with van der Waals surface area (Å²) >= 11 is 0. The molecule has 1 aromatic rings. The molecular formula is C21H35NO5S. The molecule has 0 aliphatic carbocycles. The van der Waals surface area contributed by atoms with Crippen LogP contribution in [0.4, 0.5) is 0 Å². The van der Waals surface area contributed by atoms with E-state index in [4.69, 9.17) is 8.92 Å². The summed E-state index contributed by atoms with van der Waals surface area (Å²) in [5.41, 5.74) is 0.799. The number of nitrogens with one attached hydrogen (secondary N) is 1. The largest absolute Gasteiger partial charge is 0.494 e. The minimum Gasteiger partial charge on any atom is -0.494 e. The number of benzene rings is 1. The number of ether oxygens (including phenoxy) is 1. The molecule has 1 amide bonds. The fourth-order valence-electron chi connectivity index (χ4n) is 2.78. The maximum atomic E-state index is 11.0. The molecule has 1 aromatic carbocycles. The fraction of sp³-hybridized carbons (Fsp3) is 0.667. The zero-order chi connectivity index (χ0) is 20.7. The highest BCUT2D eigenvalue weighted by Crippen LogP contribution is 2.15. The van der Waals surface area contributed by atoms with E-state index in [-0.39, 0.29) is 12.5 Å². The van der Waals surface area contributed by atoms with Gasteiger partial charge in [0.15, 0.2) is 0 Å². The van der Waals surface area contributed by atoms with Gasteiger partial charge >= 0.3 is 0 Å². The molecule has 0 aliphatic heterocycles. The molecule has 0 saturated heterocycles. The Morgan fingerprint density at radius 2 is 1.43 bits per heavy atom. The van der Waals surface area contributed by atoms with Crippen molar-refractivity contribution in [2.24, 2.45) is 0 Å². The van der Waals surface area contributed by atoms with Gasteiger partial charge in [0.05, 0.1) is 19.5 Å². The van der Waals surface area contributed by atoms with Crippen LogP contribution < -0.4 is 10.1 Å². The van der Waals surface area contributed by atoms with Crippen LogP contribution in [-0.2, 0) is 25.7 Å². The third kappa shape index (κ3) is 14.5. The summed E-state index contributed by atoms with van der Waals surface area (Å²) in [4.78, 5) is 10.7. The van der Waals surface area contributed by atoms with Crippen LogP contribution in [0.25, 0.3) is 0 Å². The van der Waals surface area contributed by atoms with Crippen LogP contribution in [0.15, 0.2) is 24.3 Å². The number of rotatable bonds is 16. The lowest BCUT2D eigenvalue weighted by atomic mass is 10.1. The molecule has 160 valence electrons. The summed E-state index contributed by atoms with van der Waals surface area (Å²) in [7, 11) is -3.41. The molecular weight excluding hydrogens is 378 g/mol. The highest BCUT2D eigenvalue weighted by molar-refractivity contribution is 7.85. The van der Waals surface area contributed by atoms with Crippen molar-refractivity contribution >= 4 is 16.0 Å². The molecule has 0 heterocycles. The van der Waals surface area contributed by atoms with Crippen LogP contribution in [0.5, 0.6) is 5.75 Å². The Balaban J connectivity index is 1.94. The Morgan fingerprint density at radius 1 is 0.893 bits per heavy atom. The zero-order valence-electron chi connectivity index (χ0n) is 17.2. The van der Waals surface area contributed by atoms with Crippen LogP contribution in [0, 0.1) is 0 Å². The molecule has 0 bridgehead atoms. The van der Waals surface area contributed by atoms with Gasteiger partial charge in [-0.25, -0.2) is 0 Å². The average molecular weight is 414 g/mol. The first-order chi connectivity index (χ1) is 13.4. The van der Waals surface area contributed by atoms with Crippen LogP contribution in [-0.4, -0.2) is 33.7 Å². The molecule has 0 spiro atoms. The summed E-state index contributed by atoms with van der Waals surface area (Å²) in [6, 6.07) is 7.31. The molecule has 0 radical (unpaired) electrons. The lowest BCUT2D eigenvalue weighted by molar-refractivity contribution is -0.118. The van der Waals surface area contributed by atoms with E-state index in [9.17, 15) is 13.2 Å². The van der Waals surface area contributed by atoms with Gasteiger partial charge in [-0.2, -0.15) is 8.42 Å². The Labute approximate surface area is 170 Å². The molecule has 0 unspecified atom stereocenters. The topological polar surface area (TPSA) is 81.7 Å². The van der Waals surface area contributed by atoms with Crippen LogP contribution in [0.3, 0.4) is 0 Å². The second kappa shape index (κ2) is 14.4. The number of hydrogen-bond donors (Lipinski definition) is 1. The third-order valence-corrected chi connectivity index (χ3v) is 4.87. The van der Waals surface area contributed by atoms with E-state index in [0.29, 0.717) is 6.61 Å². The highest BCUT2D eigenvalue weighted by Gasteiger charge is 2.03. The van der Waals surface area contributed by atoms with Crippen molar-refractivity contribution in [3.05, 3.63) is 29.8 Å². The van der Waals surface area contributed by atoms with E-state index in [0.717, 1.165) is 37.0 Å². The number of carbonyl (C=O) groups is 1. The summed E-state index contributed by atoms with van der Waals surface area (Å²) in [6.07, 6.45) is 11.8. The van der Waals surface area contributed by atoms with Crippen molar-refractivity contribution in [1.82, 2.24) is 5.32 Å². The Morgan fingerprint density at radius 3 is 1.96 bits per heavy atom. The third-order valence-electron chi connectivity index (χ3n) is 4.33. The molecule has 0 fully saturated rings. The van der Waals surface area contributed by atoms with E-state index in [1.54, 1.807) is 6.92 Å². The standard InChI is InChI=1S/C21H35NO5S/c1-19(23)22-16-10-8-6-4-3-5-7-9-11-17-26-21-14-12-20(13-15-21)18-27-28(2,24)25/h12-15H,3-11,16-18H2,1-2H3,(H,22,23). The van der Waals surface area contributed by atoms with Gasteiger partial charge in [0, 0.05) is 13.5 Å². The average Bonchev–Trinajstić information content (AvgIpc) is 2.64. The molecule has 0 aliphatic rings. The van der Waals surface area contributed by atoms with Crippen molar-refractivity contribution in [2.75, 3.05) is 19.4 Å². The number of hydrogen-bond acceptors (Lipinski definition) is 5. The highest BCUT2D eigenvalue weighted by atomic mass is 32.2. The fourth-order valence-corrected chi connectivity index (χ4v) is 3.13. The minimum absolute atomic E-state index is 0.0500. The van der Waals surface area contributed by atoms with E-state index >= 15 is 0 Å². The molecule has 1 N–H and O–H groups in total. The SMILES string of the molecule is CC(=O)NCCCCCCCCCCCOc1ccc(COS(C)(=O)=O)cc1. The van der Waals surface area contributed by atoms with Gasteiger partial charge in [0.25, 0.3) is 10.1 Å². The van der Waals surface area contributed by atoms with Gasteiger partial charge < -0.3 is 10.1 Å². The lowest BCUT2D eigenvalue weighted by Gasteiger charge is -2.07. The molecule has 0 saturated carbocycles. The summed E-state index contributed by atoms with van der Waals surface area (Å²) in [6.45, 7) is 3.10. The first-order valence-electron chi connectivity index (χ1n) is 10.2. The Kier molecular flexibility index (Phi) is 12.6. The molecule has 6 nitrogen and oxygen atoms in total. The van der Waals surface area contributed by atoms with E-state index in [1.807, 2.05) is 24.3 Å². The normalized spacial score (nSPS) is 11.4. The zero-order valence-corrected chi connectivity index (χ0v) is 18.1. The van der Waals surface area contributed by atoms with E-state index in [1.165, 1.54) is 44.9 Å². The van der Waals surface area contributed by atoms with E-state index in [2.05, 4.69) is 5.32 Å². The molecule has 0 atom stereocenters. The lowest BCUT2D eigenvalue weighted by Crippen LogP contribution is -2.20. The van der Waals surface area contributed by atoms with Crippen molar-refractivity contribution in [3.63, 3.8) is 0 Å². The van der Waals surface area contributed by atoms with Crippen molar-refractivity contribution < 1.29 is 22.1 Å². The second-order valence-electron chi connectivity index (χ2n) is 7.12. The molecule has 7 heteroatoms. The first kappa shape index (κ1) is 24.4. The van der Waals surface area contributed by atoms with Gasteiger partial charge in [0.2, 0.25) is 5.91 Å². The van der Waals surface area contributed by atoms with Crippen molar-refractivity contribution in [1.29, 1.82) is 0 Å². The maximum absolute atomic E-state index is 11.0. The number of carbonyl (C=O) groups excluding carboxylic acids is 1. The van der Waals surface area contributed by atoms with Gasteiger partial charge in [-0.05, 0) is 30.5 Å². The second-order valence-corrected chi connectivity index (χ2v) is 8.77. The quantitative estimate of drug-likeness (QED) is 0.325. The predicted octanol–water partition coefficient (Wildman–Crippen LogP) is 4.19. The maximum Gasteiger partial charge on any atom is 0.264 e. The predicted molar refractivity (Wildman–Crippen MR) is 112 cm³/mol. The summed E-state index contributed by atoms with van der Waals surface area (Å²) in [5, 5.41) is 2.82. The molecule has 1 rings (SSSR count). The summed E-state index contributed by atoms with van der Waals surface area (Å²) in [5.74, 6) is 0.850. The Bertz CT molecular complexity index is 643. The molecule has 28 heavy (non-hydrogen) atoms. The number of unbranched alkanes of at least 4 members (excludes halogenated alkanes) is 8. The Hall–Kier alpha value is -1.60.